The molecular weight excluding hydrogens is 372 g/mol. The molecule has 0 saturated carbocycles. The summed E-state index contributed by atoms with van der Waals surface area (Å²) < 4.78 is 11.3. The van der Waals surface area contributed by atoms with Crippen molar-refractivity contribution < 1.29 is 14.3 Å². The second-order valence-corrected chi connectivity index (χ2v) is 6.89. The van der Waals surface area contributed by atoms with E-state index in [1.165, 1.54) is 5.56 Å². The minimum absolute atomic E-state index is 0.390. The molecule has 0 amide bonds. The van der Waals surface area contributed by atoms with Gasteiger partial charge in [-0.3, -0.25) is 0 Å². The molecule has 0 saturated heterocycles. The molecule has 30 heavy (non-hydrogen) atoms. The Kier molecular flexibility index (Phi) is 6.21. The van der Waals surface area contributed by atoms with E-state index in [4.69, 9.17) is 9.47 Å². The number of ether oxygens (including phenoxy) is 2. The molecule has 0 fully saturated rings. The highest BCUT2D eigenvalue weighted by Gasteiger charge is 2.09. The lowest BCUT2D eigenvalue weighted by atomic mass is 10.1. The van der Waals surface area contributed by atoms with E-state index in [1.807, 2.05) is 60.7 Å². The first-order valence-electron chi connectivity index (χ1n) is 9.92. The summed E-state index contributed by atoms with van der Waals surface area (Å²) in [5.41, 5.74) is 3.92. The molecule has 0 radical (unpaired) electrons. The summed E-state index contributed by atoms with van der Waals surface area (Å²) in [5, 5.41) is 0. The van der Waals surface area contributed by atoms with Crippen LogP contribution in [0.4, 0.5) is 0 Å². The number of carbonyl (C=O) groups excluding carboxylic acids is 1. The van der Waals surface area contributed by atoms with E-state index in [9.17, 15) is 4.79 Å². The highest BCUT2D eigenvalue weighted by atomic mass is 16.5. The van der Waals surface area contributed by atoms with Gasteiger partial charge in [0, 0.05) is 6.42 Å². The molecule has 4 aromatic carbocycles. The smallest absolute Gasteiger partial charge is 0.343 e. The fourth-order valence-corrected chi connectivity index (χ4v) is 3.13. The molecule has 0 aromatic heterocycles. The Bertz CT molecular complexity index is 1070. The van der Waals surface area contributed by atoms with Gasteiger partial charge < -0.3 is 9.47 Å². The average Bonchev–Trinajstić information content (AvgIpc) is 2.81. The Hall–Kier alpha value is -3.85. The maximum absolute atomic E-state index is 12.4. The van der Waals surface area contributed by atoms with Crippen LogP contribution < -0.4 is 9.47 Å². The second-order valence-electron chi connectivity index (χ2n) is 6.89. The lowest BCUT2D eigenvalue weighted by molar-refractivity contribution is 0.0734. The molecule has 0 heterocycles. The Balaban J connectivity index is 1.31. The van der Waals surface area contributed by atoms with Crippen molar-refractivity contribution in [3.05, 3.63) is 120 Å². The number of rotatable bonds is 7. The van der Waals surface area contributed by atoms with Crippen LogP contribution in [0.2, 0.25) is 0 Å². The molecule has 0 N–H and O–H groups in total. The van der Waals surface area contributed by atoms with Crippen LogP contribution in [0.15, 0.2) is 109 Å². The van der Waals surface area contributed by atoms with Gasteiger partial charge in [-0.1, -0.05) is 72.8 Å². The van der Waals surface area contributed by atoms with Gasteiger partial charge in [0.1, 0.15) is 11.5 Å². The van der Waals surface area contributed by atoms with Crippen LogP contribution in [0.5, 0.6) is 11.5 Å². The fourth-order valence-electron chi connectivity index (χ4n) is 3.13. The predicted molar refractivity (Wildman–Crippen MR) is 119 cm³/mol. The Labute approximate surface area is 176 Å². The molecule has 0 aliphatic rings. The summed E-state index contributed by atoms with van der Waals surface area (Å²) in [4.78, 5) is 12.4. The van der Waals surface area contributed by atoms with Crippen LogP contribution in [-0.4, -0.2) is 12.6 Å². The van der Waals surface area contributed by atoms with Crippen LogP contribution >= 0.6 is 0 Å². The van der Waals surface area contributed by atoms with E-state index < -0.39 is 5.97 Å². The van der Waals surface area contributed by atoms with Gasteiger partial charge in [0.25, 0.3) is 0 Å². The van der Waals surface area contributed by atoms with Crippen molar-refractivity contribution in [3.63, 3.8) is 0 Å². The van der Waals surface area contributed by atoms with Gasteiger partial charge in [-0.05, 0) is 53.1 Å². The Morgan fingerprint density at radius 1 is 0.600 bits per heavy atom. The van der Waals surface area contributed by atoms with Crippen LogP contribution in [0.3, 0.4) is 0 Å². The summed E-state index contributed by atoms with van der Waals surface area (Å²) in [6.07, 6.45) is 0.837. The van der Waals surface area contributed by atoms with E-state index in [-0.39, 0.29) is 0 Å². The van der Waals surface area contributed by atoms with Crippen molar-refractivity contribution in [2.45, 2.75) is 6.42 Å². The van der Waals surface area contributed by atoms with E-state index in [0.29, 0.717) is 17.9 Å². The van der Waals surface area contributed by atoms with E-state index >= 15 is 0 Å². The zero-order valence-electron chi connectivity index (χ0n) is 16.5. The number of benzene rings is 4. The summed E-state index contributed by atoms with van der Waals surface area (Å²) in [5.74, 6) is 0.857. The first-order valence-corrected chi connectivity index (χ1v) is 9.92. The van der Waals surface area contributed by atoms with E-state index in [2.05, 4.69) is 12.1 Å². The Morgan fingerprint density at radius 3 is 1.83 bits per heavy atom. The van der Waals surface area contributed by atoms with Crippen molar-refractivity contribution in [1.29, 1.82) is 0 Å². The number of esters is 1. The minimum Gasteiger partial charge on any atom is -0.493 e. The number of hydrogen-bond acceptors (Lipinski definition) is 3. The third kappa shape index (κ3) is 5.15. The molecule has 0 aliphatic carbocycles. The minimum atomic E-state index is -0.390. The maximum Gasteiger partial charge on any atom is 0.343 e. The summed E-state index contributed by atoms with van der Waals surface area (Å²) >= 11 is 0. The molecule has 3 nitrogen and oxygen atoms in total. The van der Waals surface area contributed by atoms with Crippen LogP contribution in [0.1, 0.15) is 15.9 Å². The van der Waals surface area contributed by atoms with E-state index in [0.717, 1.165) is 23.3 Å². The van der Waals surface area contributed by atoms with Gasteiger partial charge in [0.05, 0.1) is 12.2 Å². The molecule has 148 valence electrons. The standard InChI is InChI=1S/C27H22O3/c28-27(30-26-17-11-23(12-18-26)22-9-5-2-6-10-22)24-13-15-25(16-14-24)29-20-19-21-7-3-1-4-8-21/h1-18H,19-20H2. The SMILES string of the molecule is O=C(Oc1ccc(-c2ccccc2)cc1)c1ccc(OCCc2ccccc2)cc1. The van der Waals surface area contributed by atoms with Gasteiger partial charge in [0.15, 0.2) is 0 Å². The van der Waals surface area contributed by atoms with Crippen molar-refractivity contribution in [2.75, 3.05) is 6.61 Å². The molecule has 0 unspecified atom stereocenters. The normalized spacial score (nSPS) is 10.4. The molecule has 4 rings (SSSR count). The topological polar surface area (TPSA) is 35.5 Å². The largest absolute Gasteiger partial charge is 0.493 e. The monoisotopic (exact) mass is 394 g/mol. The quantitative estimate of drug-likeness (QED) is 0.277. The van der Waals surface area contributed by atoms with Crippen molar-refractivity contribution in [3.8, 4) is 22.6 Å². The number of carbonyl (C=O) groups is 1. The van der Waals surface area contributed by atoms with Gasteiger partial charge in [0.2, 0.25) is 0 Å². The second kappa shape index (κ2) is 9.57. The third-order valence-electron chi connectivity index (χ3n) is 4.76. The molecule has 0 spiro atoms. The molecule has 3 heteroatoms. The fraction of sp³-hybridized carbons (Fsp3) is 0.0741. The average molecular weight is 394 g/mol. The zero-order chi connectivity index (χ0) is 20.6. The van der Waals surface area contributed by atoms with Crippen molar-refractivity contribution in [2.24, 2.45) is 0 Å². The van der Waals surface area contributed by atoms with Gasteiger partial charge in [-0.2, -0.15) is 0 Å². The first-order chi connectivity index (χ1) is 14.8. The van der Waals surface area contributed by atoms with Gasteiger partial charge in [-0.25, -0.2) is 4.79 Å². The molecule has 0 atom stereocenters. The van der Waals surface area contributed by atoms with Crippen LogP contribution in [0.25, 0.3) is 11.1 Å². The third-order valence-corrected chi connectivity index (χ3v) is 4.76. The highest BCUT2D eigenvalue weighted by Crippen LogP contribution is 2.23. The van der Waals surface area contributed by atoms with Crippen molar-refractivity contribution in [1.82, 2.24) is 0 Å². The first kappa shape index (κ1) is 19.5. The van der Waals surface area contributed by atoms with Crippen molar-refractivity contribution >= 4 is 5.97 Å². The summed E-state index contributed by atoms with van der Waals surface area (Å²) in [6, 6.07) is 34.8. The zero-order valence-corrected chi connectivity index (χ0v) is 16.5. The summed E-state index contributed by atoms with van der Waals surface area (Å²) in [7, 11) is 0. The molecule has 0 aliphatic heterocycles. The Morgan fingerprint density at radius 2 is 1.17 bits per heavy atom. The van der Waals surface area contributed by atoms with Gasteiger partial charge in [-0.15, -0.1) is 0 Å². The lowest BCUT2D eigenvalue weighted by Crippen LogP contribution is -2.08. The van der Waals surface area contributed by atoms with Gasteiger partial charge >= 0.3 is 5.97 Å². The molecule has 4 aromatic rings. The predicted octanol–water partition coefficient (Wildman–Crippen LogP) is 6.19. The summed E-state index contributed by atoms with van der Waals surface area (Å²) in [6.45, 7) is 0.585. The highest BCUT2D eigenvalue weighted by molar-refractivity contribution is 5.91. The maximum atomic E-state index is 12.4. The van der Waals surface area contributed by atoms with Crippen LogP contribution in [0, 0.1) is 0 Å². The lowest BCUT2D eigenvalue weighted by Gasteiger charge is -2.08. The van der Waals surface area contributed by atoms with E-state index in [1.54, 1.807) is 36.4 Å². The molecule has 0 bridgehead atoms. The molecular formula is C27H22O3. The number of hydrogen-bond donors (Lipinski definition) is 0. The van der Waals surface area contributed by atoms with Crippen LogP contribution in [-0.2, 0) is 6.42 Å².